The number of aliphatic hydroxyl groups excluding tert-OH is 1. The van der Waals surface area contributed by atoms with Crippen molar-refractivity contribution in [3.8, 4) is 0 Å². The Kier molecular flexibility index (Phi) is 51.6. The van der Waals surface area contributed by atoms with E-state index in [1.165, 1.54) is 23.6 Å². The van der Waals surface area contributed by atoms with Crippen LogP contribution in [0.2, 0.25) is 0 Å². The lowest BCUT2D eigenvalue weighted by Crippen LogP contribution is -2.46. The molecule has 0 aliphatic heterocycles. The maximum atomic E-state index is 13.7. The van der Waals surface area contributed by atoms with E-state index in [0.29, 0.717) is 46.2 Å². The van der Waals surface area contributed by atoms with Gasteiger partial charge in [0.1, 0.15) is 0 Å². The summed E-state index contributed by atoms with van der Waals surface area (Å²) in [5.41, 5.74) is 48.5. The van der Waals surface area contributed by atoms with Crippen LogP contribution in [0.3, 0.4) is 0 Å². The second kappa shape index (κ2) is 47.5. The van der Waals surface area contributed by atoms with Crippen LogP contribution in [0.4, 0.5) is 11.4 Å². The zero-order chi connectivity index (χ0) is 60.5. The number of rotatable bonds is 22. The average molecular weight is 1070 g/mol. The largest absolute Gasteiger partial charge is 0.389 e. The van der Waals surface area contributed by atoms with Crippen LogP contribution >= 0.6 is 0 Å². The zero-order valence-corrected chi connectivity index (χ0v) is 50.4. The van der Waals surface area contributed by atoms with Gasteiger partial charge in [-0.1, -0.05) is 83.1 Å². The summed E-state index contributed by atoms with van der Waals surface area (Å²) in [5, 5.41) is 22.8. The number of nitrogens with one attached hydrogen (secondary N) is 4. The van der Waals surface area contributed by atoms with Crippen LogP contribution in [0.1, 0.15) is 172 Å². The van der Waals surface area contributed by atoms with E-state index in [2.05, 4.69) is 21.3 Å². The van der Waals surface area contributed by atoms with Crippen LogP contribution in [-0.4, -0.2) is 144 Å². The highest BCUT2D eigenvalue weighted by atomic mass is 16.3. The Morgan fingerprint density at radius 1 is 0.467 bits per heavy atom. The minimum Gasteiger partial charge on any atom is -0.389 e. The Balaban J connectivity index is -0.000000547. The maximum Gasteiger partial charge on any atom is 0.251 e. The average Bonchev–Trinajstić information content (AvgIpc) is 3.41. The molecule has 5 unspecified atom stereocenters. The van der Waals surface area contributed by atoms with E-state index in [0.717, 1.165) is 6.54 Å². The number of likely N-dealkylation sites (N-methyl/N-ethyl adjacent to an activating group) is 1. The van der Waals surface area contributed by atoms with Crippen LogP contribution < -0.4 is 76.9 Å². The SMILES string of the molecule is CC.CC.CC.CC.CC.CC.CC(=O)N(CC(O)CN(C(C)=O)c1c(C)c(C(=O)NCC(N)CN)c(C)c(C(=O)NCC(N)CN)c1C)c1c(C)c(C=O)c(C)c(C(=O)NCC(N)CN)c1C.CNCC(N)CN. The Bertz CT molecular complexity index is 1880. The van der Waals surface area contributed by atoms with Gasteiger partial charge in [0.2, 0.25) is 11.8 Å². The molecule has 2 aromatic carbocycles. The van der Waals surface area contributed by atoms with Crippen LogP contribution in [0.15, 0.2) is 0 Å². The van der Waals surface area contributed by atoms with Gasteiger partial charge in [0.15, 0.2) is 6.29 Å². The number of benzene rings is 2. The predicted octanol–water partition coefficient (Wildman–Crippen LogP) is 2.81. The molecule has 5 amide bonds. The lowest BCUT2D eigenvalue weighted by atomic mass is 9.89. The lowest BCUT2D eigenvalue weighted by molar-refractivity contribution is -0.117. The predicted molar refractivity (Wildman–Crippen MR) is 316 cm³/mol. The van der Waals surface area contributed by atoms with E-state index in [1.54, 1.807) is 41.5 Å². The highest BCUT2D eigenvalue weighted by Crippen LogP contribution is 2.36. The van der Waals surface area contributed by atoms with E-state index >= 15 is 0 Å². The summed E-state index contributed by atoms with van der Waals surface area (Å²) in [7, 11) is 1.86. The number of nitrogens with zero attached hydrogens (tertiary/aromatic N) is 2. The molecule has 0 spiro atoms. The summed E-state index contributed by atoms with van der Waals surface area (Å²) in [6.07, 6.45) is -0.831. The number of carbonyl (C=O) groups excluding carboxylic acids is 6. The van der Waals surface area contributed by atoms with Gasteiger partial charge in [-0.25, -0.2) is 0 Å². The van der Waals surface area contributed by atoms with E-state index in [4.69, 9.17) is 45.9 Å². The minimum atomic E-state index is -1.43. The van der Waals surface area contributed by atoms with Crippen molar-refractivity contribution in [3.63, 3.8) is 0 Å². The number of aliphatic hydroxyl groups is 1. The summed E-state index contributed by atoms with van der Waals surface area (Å²) < 4.78 is 0. The van der Waals surface area contributed by atoms with Crippen molar-refractivity contribution in [2.75, 3.05) is 82.3 Å². The van der Waals surface area contributed by atoms with Gasteiger partial charge in [-0.15, -0.1) is 0 Å². The summed E-state index contributed by atoms with van der Waals surface area (Å²) in [6.45, 7) is 37.3. The molecule has 21 nitrogen and oxygen atoms in total. The van der Waals surface area contributed by atoms with Gasteiger partial charge in [-0.2, -0.15) is 0 Å². The fourth-order valence-electron chi connectivity index (χ4n) is 7.20. The van der Waals surface area contributed by atoms with Gasteiger partial charge in [0, 0.05) is 113 Å². The number of hydrogen-bond acceptors (Lipinski definition) is 16. The van der Waals surface area contributed by atoms with Crippen molar-refractivity contribution in [2.24, 2.45) is 45.9 Å². The Hall–Kier alpha value is -4.94. The van der Waals surface area contributed by atoms with Crippen molar-refractivity contribution in [3.05, 3.63) is 55.6 Å². The normalized spacial score (nSPS) is 11.7. The summed E-state index contributed by atoms with van der Waals surface area (Å²) in [6, 6.07) is -1.48. The second-order valence-corrected chi connectivity index (χ2v) is 15.7. The molecule has 21 N–H and O–H groups in total. The van der Waals surface area contributed by atoms with Gasteiger partial charge in [0.25, 0.3) is 17.7 Å². The number of anilines is 2. The summed E-state index contributed by atoms with van der Waals surface area (Å²) >= 11 is 0. The third-order valence-corrected chi connectivity index (χ3v) is 10.6. The Morgan fingerprint density at radius 3 is 0.947 bits per heavy atom. The van der Waals surface area contributed by atoms with E-state index in [9.17, 15) is 33.9 Å². The molecular formula is C54H110N14O7. The quantitative estimate of drug-likeness (QED) is 0.0754. The van der Waals surface area contributed by atoms with Crippen LogP contribution in [0, 0.1) is 41.5 Å². The fourth-order valence-corrected chi connectivity index (χ4v) is 7.20. The summed E-state index contributed by atoms with van der Waals surface area (Å²) in [5.74, 6) is -2.72. The Labute approximate surface area is 453 Å². The van der Waals surface area contributed by atoms with Crippen LogP contribution in [-0.2, 0) is 9.59 Å². The van der Waals surface area contributed by atoms with Gasteiger partial charge in [0.05, 0.1) is 30.6 Å². The minimum absolute atomic E-state index is 0.0363. The zero-order valence-electron chi connectivity index (χ0n) is 50.4. The van der Waals surface area contributed by atoms with E-state index in [1.807, 2.05) is 90.1 Å². The first-order valence-electron chi connectivity index (χ1n) is 26.8. The molecule has 0 aliphatic carbocycles. The smallest absolute Gasteiger partial charge is 0.251 e. The fraction of sp³-hybridized carbons (Fsp3) is 0.667. The third kappa shape index (κ3) is 27.1. The number of amides is 5. The molecular weight excluding hydrogens is 957 g/mol. The van der Waals surface area contributed by atoms with Crippen molar-refractivity contribution in [2.45, 2.75) is 169 Å². The van der Waals surface area contributed by atoms with E-state index < -0.39 is 60.3 Å². The molecule has 2 aromatic rings. The standard InChI is InChI=1S/C38H61N11O7.C4H13N3.6C2H6/c1-18-30(17-50)19(2)34(21(4)31(18)36(54)45-12-26(42)9-39)48(24(7)51)15-29(53)16-49(25(8)52)35-22(5)32(37(55)46-13-27(43)10-40)20(3)33(23(35)6)38(56)47-14-28(44)11-41;1-7-3-4(6)2-5;6*1-2/h17,26-29,53H,9-16,39-44H2,1-8H3,(H,45,54)(H,46,55)(H,47,56);4,7H,2-3,5-6H2,1H3;6*1-2H3. The molecule has 75 heavy (non-hydrogen) atoms. The number of carbonyl (C=O) groups is 6. The molecule has 0 bridgehead atoms. The van der Waals surface area contributed by atoms with Gasteiger partial charge in [-0.3, -0.25) is 28.8 Å². The van der Waals surface area contributed by atoms with Crippen LogP contribution in [0.25, 0.3) is 0 Å². The van der Waals surface area contributed by atoms with Gasteiger partial charge >= 0.3 is 0 Å². The second-order valence-electron chi connectivity index (χ2n) is 15.7. The monoisotopic (exact) mass is 1070 g/mol. The number of nitrogens with two attached hydrogens (primary N) is 8. The highest BCUT2D eigenvalue weighted by Gasteiger charge is 2.32. The highest BCUT2D eigenvalue weighted by molar-refractivity contribution is 6.08. The molecule has 0 saturated heterocycles. The first-order valence-corrected chi connectivity index (χ1v) is 26.8. The molecule has 5 atom stereocenters. The molecule has 0 aromatic heterocycles. The molecule has 21 heteroatoms. The molecule has 2 rings (SSSR count). The van der Waals surface area contributed by atoms with E-state index in [-0.39, 0.29) is 85.5 Å². The molecule has 0 saturated carbocycles. The van der Waals surface area contributed by atoms with Gasteiger partial charge in [-0.05, 0) is 82.0 Å². The molecule has 0 fully saturated rings. The lowest BCUT2D eigenvalue weighted by Gasteiger charge is -2.33. The maximum absolute atomic E-state index is 13.7. The third-order valence-electron chi connectivity index (χ3n) is 10.6. The Morgan fingerprint density at radius 2 is 0.720 bits per heavy atom. The molecule has 438 valence electrons. The van der Waals surface area contributed by atoms with Crippen molar-refractivity contribution >= 4 is 47.2 Å². The van der Waals surface area contributed by atoms with Crippen molar-refractivity contribution in [1.82, 2.24) is 21.3 Å². The van der Waals surface area contributed by atoms with Crippen molar-refractivity contribution < 1.29 is 33.9 Å². The first kappa shape index (κ1) is 81.4. The molecule has 0 radical (unpaired) electrons. The number of aldehydes is 1. The first-order chi connectivity index (χ1) is 35.5. The molecule has 0 aliphatic rings. The summed E-state index contributed by atoms with van der Waals surface area (Å²) in [4.78, 5) is 82.5. The number of hydrogen-bond donors (Lipinski definition) is 13. The van der Waals surface area contributed by atoms with Crippen molar-refractivity contribution in [1.29, 1.82) is 0 Å². The van der Waals surface area contributed by atoms with Crippen LogP contribution in [0.5, 0.6) is 0 Å². The topological polar surface area (TPSA) is 385 Å². The van der Waals surface area contributed by atoms with Gasteiger partial charge < -0.3 is 82.0 Å². The molecule has 0 heterocycles.